The summed E-state index contributed by atoms with van der Waals surface area (Å²) in [5, 5.41) is 12.2. The third kappa shape index (κ3) is 4.07. The van der Waals surface area contributed by atoms with Gasteiger partial charge >= 0.3 is 0 Å². The Morgan fingerprint density at radius 1 is 1.46 bits per heavy atom. The molecule has 0 aromatic carbocycles. The molecule has 13 heavy (non-hydrogen) atoms. The third-order valence-electron chi connectivity index (χ3n) is 2.35. The van der Waals surface area contributed by atoms with Gasteiger partial charge in [-0.2, -0.15) is 0 Å². The molecule has 0 aliphatic carbocycles. The van der Waals surface area contributed by atoms with Crippen molar-refractivity contribution in [3.63, 3.8) is 0 Å². The highest BCUT2D eigenvalue weighted by Gasteiger charge is 2.33. The Balaban J connectivity index is 1.91. The predicted molar refractivity (Wildman–Crippen MR) is 54.8 cm³/mol. The largest absolute Gasteiger partial charge is 0.392 e. The van der Waals surface area contributed by atoms with E-state index in [9.17, 15) is 0 Å². The molecule has 1 aliphatic rings. The average molecular weight is 186 g/mol. The molecule has 0 bridgehead atoms. The number of hydrogen-bond acceptors (Lipinski definition) is 3. The molecular formula is C10H22N2O. The van der Waals surface area contributed by atoms with Crippen molar-refractivity contribution in [2.24, 2.45) is 5.41 Å². The van der Waals surface area contributed by atoms with Crippen LogP contribution in [0.1, 0.15) is 20.8 Å². The predicted octanol–water partition coefficient (Wildman–Crippen LogP) is 0.299. The number of nitrogens with zero attached hydrogens (tertiary/aromatic N) is 1. The Hall–Kier alpha value is -0.120. The van der Waals surface area contributed by atoms with Crippen LogP contribution in [0.2, 0.25) is 0 Å². The minimum absolute atomic E-state index is 0.229. The van der Waals surface area contributed by atoms with Crippen molar-refractivity contribution in [1.29, 1.82) is 0 Å². The second-order valence-electron chi connectivity index (χ2n) is 4.93. The lowest BCUT2D eigenvalue weighted by Crippen LogP contribution is -2.54. The molecule has 0 radical (unpaired) electrons. The van der Waals surface area contributed by atoms with E-state index in [2.05, 4.69) is 24.1 Å². The topological polar surface area (TPSA) is 35.5 Å². The molecule has 3 heteroatoms. The molecule has 0 spiro atoms. The van der Waals surface area contributed by atoms with Crippen LogP contribution in [0.4, 0.5) is 0 Å². The van der Waals surface area contributed by atoms with Gasteiger partial charge < -0.3 is 15.3 Å². The number of nitrogens with one attached hydrogen (secondary N) is 1. The van der Waals surface area contributed by atoms with Crippen LogP contribution in [-0.2, 0) is 0 Å². The molecule has 0 aromatic heterocycles. The lowest BCUT2D eigenvalue weighted by Gasteiger charge is -2.46. The number of rotatable bonds is 5. The van der Waals surface area contributed by atoms with Crippen LogP contribution >= 0.6 is 0 Å². The fraction of sp³-hybridized carbons (Fsp3) is 1.00. The summed E-state index contributed by atoms with van der Waals surface area (Å²) in [6.07, 6.45) is -0.229. The average Bonchev–Trinajstić information content (AvgIpc) is 1.93. The number of aliphatic hydroxyl groups excluding tert-OH is 1. The third-order valence-corrected chi connectivity index (χ3v) is 2.35. The molecule has 2 N–H and O–H groups in total. The van der Waals surface area contributed by atoms with Crippen LogP contribution in [0.3, 0.4) is 0 Å². The van der Waals surface area contributed by atoms with Crippen molar-refractivity contribution in [2.45, 2.75) is 26.9 Å². The lowest BCUT2D eigenvalue weighted by molar-refractivity contribution is 0.0318. The molecule has 1 aliphatic heterocycles. The van der Waals surface area contributed by atoms with Crippen molar-refractivity contribution in [1.82, 2.24) is 10.2 Å². The van der Waals surface area contributed by atoms with E-state index >= 15 is 0 Å². The zero-order valence-electron chi connectivity index (χ0n) is 9.01. The number of hydrogen-bond donors (Lipinski definition) is 2. The summed E-state index contributed by atoms with van der Waals surface area (Å²) in [6, 6.07) is 0. The van der Waals surface area contributed by atoms with E-state index in [-0.39, 0.29) is 6.10 Å². The van der Waals surface area contributed by atoms with E-state index in [0.717, 1.165) is 13.1 Å². The van der Waals surface area contributed by atoms with Crippen LogP contribution in [0.5, 0.6) is 0 Å². The molecule has 0 amide bonds. The minimum atomic E-state index is -0.229. The molecule has 1 unspecified atom stereocenters. The van der Waals surface area contributed by atoms with Crippen LogP contribution < -0.4 is 5.32 Å². The normalized spacial score (nSPS) is 24.0. The highest BCUT2D eigenvalue weighted by molar-refractivity contribution is 4.87. The Bertz CT molecular complexity index is 149. The first-order valence-corrected chi connectivity index (χ1v) is 5.11. The van der Waals surface area contributed by atoms with Crippen LogP contribution in [0.25, 0.3) is 0 Å². The summed E-state index contributed by atoms with van der Waals surface area (Å²) in [6.45, 7) is 11.6. The van der Waals surface area contributed by atoms with E-state index in [1.165, 1.54) is 13.1 Å². The maximum atomic E-state index is 9.00. The van der Waals surface area contributed by atoms with Gasteiger partial charge in [0.1, 0.15) is 0 Å². The lowest BCUT2D eigenvalue weighted by atomic mass is 9.84. The van der Waals surface area contributed by atoms with Gasteiger partial charge in [-0.15, -0.1) is 0 Å². The van der Waals surface area contributed by atoms with Gasteiger partial charge in [0.05, 0.1) is 6.10 Å². The van der Waals surface area contributed by atoms with Gasteiger partial charge in [-0.3, -0.25) is 0 Å². The Morgan fingerprint density at radius 3 is 2.54 bits per heavy atom. The summed E-state index contributed by atoms with van der Waals surface area (Å²) < 4.78 is 0. The second kappa shape index (κ2) is 4.40. The highest BCUT2D eigenvalue weighted by Crippen LogP contribution is 2.27. The first-order chi connectivity index (χ1) is 5.99. The van der Waals surface area contributed by atoms with E-state index in [0.29, 0.717) is 12.0 Å². The number of aliphatic hydroxyl groups is 1. The molecule has 1 rings (SSSR count). The summed E-state index contributed by atoms with van der Waals surface area (Å²) >= 11 is 0. The SMILES string of the molecule is CC(O)CNCCN1CC(C)(C)C1. The fourth-order valence-electron chi connectivity index (χ4n) is 1.87. The fourth-order valence-corrected chi connectivity index (χ4v) is 1.87. The minimum Gasteiger partial charge on any atom is -0.392 e. The van der Waals surface area contributed by atoms with Gasteiger partial charge in [0.15, 0.2) is 0 Å². The molecule has 1 fully saturated rings. The highest BCUT2D eigenvalue weighted by atomic mass is 16.3. The molecule has 3 nitrogen and oxygen atoms in total. The van der Waals surface area contributed by atoms with E-state index in [1.54, 1.807) is 6.92 Å². The monoisotopic (exact) mass is 186 g/mol. The van der Waals surface area contributed by atoms with Crippen molar-refractivity contribution in [3.05, 3.63) is 0 Å². The Morgan fingerprint density at radius 2 is 2.08 bits per heavy atom. The van der Waals surface area contributed by atoms with Gasteiger partial charge in [-0.1, -0.05) is 13.8 Å². The van der Waals surface area contributed by atoms with E-state index in [1.807, 2.05) is 0 Å². The van der Waals surface area contributed by atoms with Gasteiger partial charge in [-0.25, -0.2) is 0 Å². The van der Waals surface area contributed by atoms with Crippen LogP contribution in [0, 0.1) is 5.41 Å². The van der Waals surface area contributed by atoms with E-state index < -0.39 is 0 Å². The van der Waals surface area contributed by atoms with Crippen LogP contribution in [-0.4, -0.2) is 48.8 Å². The van der Waals surface area contributed by atoms with Gasteiger partial charge in [0.2, 0.25) is 0 Å². The molecular weight excluding hydrogens is 164 g/mol. The van der Waals surface area contributed by atoms with Gasteiger partial charge in [-0.05, 0) is 12.3 Å². The molecule has 1 atom stereocenters. The molecule has 0 aromatic rings. The summed E-state index contributed by atoms with van der Waals surface area (Å²) in [5.74, 6) is 0. The summed E-state index contributed by atoms with van der Waals surface area (Å²) in [5.41, 5.74) is 0.532. The van der Waals surface area contributed by atoms with Crippen LogP contribution in [0.15, 0.2) is 0 Å². The first-order valence-electron chi connectivity index (χ1n) is 5.11. The standard InChI is InChI=1S/C10H22N2O/c1-9(13)6-11-4-5-12-7-10(2,3)8-12/h9,11,13H,4-8H2,1-3H3. The second-order valence-corrected chi connectivity index (χ2v) is 4.93. The molecule has 1 heterocycles. The zero-order chi connectivity index (χ0) is 9.90. The van der Waals surface area contributed by atoms with Gasteiger partial charge in [0.25, 0.3) is 0 Å². The smallest absolute Gasteiger partial charge is 0.0636 e. The maximum absolute atomic E-state index is 9.00. The van der Waals surface area contributed by atoms with Gasteiger partial charge in [0, 0.05) is 32.7 Å². The first kappa shape index (κ1) is 11.0. The van der Waals surface area contributed by atoms with E-state index in [4.69, 9.17) is 5.11 Å². The summed E-state index contributed by atoms with van der Waals surface area (Å²) in [4.78, 5) is 2.44. The number of likely N-dealkylation sites (tertiary alicyclic amines) is 1. The molecule has 78 valence electrons. The quantitative estimate of drug-likeness (QED) is 0.606. The Kier molecular flexibility index (Phi) is 3.71. The maximum Gasteiger partial charge on any atom is 0.0636 e. The van der Waals surface area contributed by atoms with Crippen molar-refractivity contribution in [3.8, 4) is 0 Å². The van der Waals surface area contributed by atoms with Crippen molar-refractivity contribution < 1.29 is 5.11 Å². The molecule has 1 saturated heterocycles. The Labute approximate surface area is 81.1 Å². The molecule has 0 saturated carbocycles. The van der Waals surface area contributed by atoms with Crippen molar-refractivity contribution >= 4 is 0 Å². The van der Waals surface area contributed by atoms with Crippen molar-refractivity contribution in [2.75, 3.05) is 32.7 Å². The summed E-state index contributed by atoms with van der Waals surface area (Å²) in [7, 11) is 0. The zero-order valence-corrected chi connectivity index (χ0v) is 9.01.